The number of anilines is 2. The molecule has 1 saturated heterocycles. The van der Waals surface area contributed by atoms with E-state index in [9.17, 15) is 8.42 Å². The largest absolute Gasteiger partial charge is 0.339 e. The van der Waals surface area contributed by atoms with Crippen molar-refractivity contribution in [2.24, 2.45) is 0 Å². The number of nitrogens with one attached hydrogen (secondary N) is 1. The number of nitrogens with zero attached hydrogens (tertiary/aromatic N) is 3. The molecule has 25 heavy (non-hydrogen) atoms. The second kappa shape index (κ2) is 7.47. The van der Waals surface area contributed by atoms with Crippen molar-refractivity contribution in [3.8, 4) is 0 Å². The minimum atomic E-state index is -3.52. The average Bonchev–Trinajstić information content (AvgIpc) is 2.60. The second-order valence-corrected chi connectivity index (χ2v) is 8.54. The second-order valence-electron chi connectivity index (χ2n) is 5.81. The van der Waals surface area contributed by atoms with Gasteiger partial charge in [0, 0.05) is 32.4 Å². The van der Waals surface area contributed by atoms with Crippen molar-refractivity contribution in [2.75, 3.05) is 38.5 Å². The lowest BCUT2D eigenvalue weighted by Crippen LogP contribution is -2.47. The van der Waals surface area contributed by atoms with Crippen molar-refractivity contribution in [1.29, 1.82) is 0 Å². The molecule has 0 bridgehead atoms. The van der Waals surface area contributed by atoms with Gasteiger partial charge in [0.25, 0.3) is 0 Å². The Morgan fingerprint density at radius 1 is 1.08 bits per heavy atom. The highest BCUT2D eigenvalue weighted by molar-refractivity contribution is 7.89. The maximum absolute atomic E-state index is 12.7. The zero-order chi connectivity index (χ0) is 18.0. The van der Waals surface area contributed by atoms with Crippen molar-refractivity contribution in [3.05, 3.63) is 46.6 Å². The molecule has 1 aromatic heterocycles. The van der Waals surface area contributed by atoms with Gasteiger partial charge in [0.05, 0.1) is 15.7 Å². The monoisotopic (exact) mass is 400 g/mol. The van der Waals surface area contributed by atoms with E-state index < -0.39 is 10.0 Å². The third-order valence-corrected chi connectivity index (χ3v) is 6.75. The summed E-state index contributed by atoms with van der Waals surface area (Å²) in [6, 6.07) is 8.38. The molecule has 1 aromatic carbocycles. The van der Waals surface area contributed by atoms with Crippen LogP contribution in [0.1, 0.15) is 0 Å². The predicted octanol–water partition coefficient (Wildman–Crippen LogP) is 3.07. The molecule has 0 aliphatic carbocycles. The third kappa shape index (κ3) is 4.07. The van der Waals surface area contributed by atoms with Gasteiger partial charge >= 0.3 is 0 Å². The number of hydrogen-bond donors (Lipinski definition) is 1. The number of likely N-dealkylation sites (N-methyl/N-ethyl adjacent to an activating group) is 1. The maximum Gasteiger partial charge on any atom is 0.244 e. The zero-order valence-corrected chi connectivity index (χ0v) is 15.9. The highest BCUT2D eigenvalue weighted by Crippen LogP contribution is 2.31. The highest BCUT2D eigenvalue weighted by atomic mass is 35.5. The number of piperazine rings is 1. The van der Waals surface area contributed by atoms with Gasteiger partial charge in [0.15, 0.2) is 0 Å². The van der Waals surface area contributed by atoms with E-state index in [1.54, 1.807) is 30.3 Å². The molecular formula is C16H18Cl2N4O2S. The van der Waals surface area contributed by atoms with E-state index in [4.69, 9.17) is 23.2 Å². The number of rotatable bonds is 4. The molecular weight excluding hydrogens is 383 g/mol. The lowest BCUT2D eigenvalue weighted by atomic mass is 10.3. The quantitative estimate of drug-likeness (QED) is 0.853. The Morgan fingerprint density at radius 3 is 2.44 bits per heavy atom. The summed E-state index contributed by atoms with van der Waals surface area (Å²) >= 11 is 12.1. The van der Waals surface area contributed by atoms with Crippen LogP contribution in [0.5, 0.6) is 0 Å². The van der Waals surface area contributed by atoms with E-state index in [1.165, 1.54) is 10.5 Å². The first kappa shape index (κ1) is 18.4. The first-order valence-electron chi connectivity index (χ1n) is 7.74. The standard InChI is InChI=1S/C16H18Cl2N4O2S/c1-21-7-9-22(10-8-21)25(23,24)12-5-6-15(19-11-12)20-14-4-2-3-13(17)16(14)18/h2-6,11H,7-10H2,1H3,(H,19,20). The molecule has 0 spiro atoms. The number of aromatic nitrogens is 1. The number of sulfonamides is 1. The number of halogens is 2. The van der Waals surface area contributed by atoms with E-state index in [0.29, 0.717) is 34.6 Å². The third-order valence-electron chi connectivity index (χ3n) is 4.05. The Morgan fingerprint density at radius 2 is 1.80 bits per heavy atom. The molecule has 3 rings (SSSR count). The summed E-state index contributed by atoms with van der Waals surface area (Å²) in [6.45, 7) is 2.41. The van der Waals surface area contributed by atoms with Crippen LogP contribution in [0, 0.1) is 0 Å². The van der Waals surface area contributed by atoms with E-state index in [2.05, 4.69) is 15.2 Å². The summed E-state index contributed by atoms with van der Waals surface area (Å²) in [7, 11) is -1.54. The molecule has 0 atom stereocenters. The minimum Gasteiger partial charge on any atom is -0.339 e. The summed E-state index contributed by atoms with van der Waals surface area (Å²) in [5, 5.41) is 3.85. The molecule has 134 valence electrons. The van der Waals surface area contributed by atoms with Crippen LogP contribution in [0.25, 0.3) is 0 Å². The van der Waals surface area contributed by atoms with Crippen LogP contribution in [-0.2, 0) is 10.0 Å². The first-order chi connectivity index (χ1) is 11.9. The smallest absolute Gasteiger partial charge is 0.244 e. The van der Waals surface area contributed by atoms with Crippen LogP contribution in [0.2, 0.25) is 10.0 Å². The van der Waals surface area contributed by atoms with Crippen LogP contribution in [0.15, 0.2) is 41.4 Å². The fourth-order valence-corrected chi connectivity index (χ4v) is 4.24. The number of benzene rings is 1. The zero-order valence-electron chi connectivity index (χ0n) is 13.6. The predicted molar refractivity (Wildman–Crippen MR) is 100 cm³/mol. The van der Waals surface area contributed by atoms with Gasteiger partial charge in [-0.25, -0.2) is 13.4 Å². The molecule has 0 radical (unpaired) electrons. The lowest BCUT2D eigenvalue weighted by molar-refractivity contribution is 0.222. The summed E-state index contributed by atoms with van der Waals surface area (Å²) < 4.78 is 26.8. The Bertz CT molecular complexity index is 851. The molecule has 1 aliphatic rings. The normalized spacial score (nSPS) is 16.8. The van der Waals surface area contributed by atoms with Gasteiger partial charge in [-0.3, -0.25) is 0 Å². The lowest BCUT2D eigenvalue weighted by Gasteiger charge is -2.31. The summed E-state index contributed by atoms with van der Waals surface area (Å²) in [6.07, 6.45) is 1.36. The van der Waals surface area contributed by atoms with Gasteiger partial charge < -0.3 is 10.2 Å². The van der Waals surface area contributed by atoms with Gasteiger partial charge in [-0.2, -0.15) is 4.31 Å². The summed E-state index contributed by atoms with van der Waals surface area (Å²) in [5.41, 5.74) is 0.608. The number of hydrogen-bond acceptors (Lipinski definition) is 5. The molecule has 1 aliphatic heterocycles. The van der Waals surface area contributed by atoms with Crippen LogP contribution >= 0.6 is 23.2 Å². The van der Waals surface area contributed by atoms with Crippen molar-refractivity contribution in [2.45, 2.75) is 4.90 Å². The van der Waals surface area contributed by atoms with Gasteiger partial charge in [0.1, 0.15) is 10.7 Å². The Balaban J connectivity index is 1.77. The fraction of sp³-hybridized carbons (Fsp3) is 0.312. The summed E-state index contributed by atoms with van der Waals surface area (Å²) in [4.78, 5) is 6.48. The fourth-order valence-electron chi connectivity index (χ4n) is 2.52. The Hall–Kier alpha value is -1.38. The Labute approximate surface area is 157 Å². The Kier molecular flexibility index (Phi) is 5.50. The van der Waals surface area contributed by atoms with Crippen molar-refractivity contribution >= 4 is 44.7 Å². The van der Waals surface area contributed by atoms with E-state index in [0.717, 1.165) is 13.1 Å². The molecule has 6 nitrogen and oxygen atoms in total. The first-order valence-corrected chi connectivity index (χ1v) is 9.93. The average molecular weight is 401 g/mol. The van der Waals surface area contributed by atoms with E-state index in [-0.39, 0.29) is 4.90 Å². The van der Waals surface area contributed by atoms with E-state index in [1.807, 2.05) is 7.05 Å². The van der Waals surface area contributed by atoms with Crippen LogP contribution < -0.4 is 5.32 Å². The molecule has 2 heterocycles. The van der Waals surface area contributed by atoms with Crippen molar-refractivity contribution < 1.29 is 8.42 Å². The SMILES string of the molecule is CN1CCN(S(=O)(=O)c2ccc(Nc3cccc(Cl)c3Cl)nc2)CC1. The van der Waals surface area contributed by atoms with Crippen LogP contribution in [0.4, 0.5) is 11.5 Å². The molecule has 9 heteroatoms. The molecule has 2 aromatic rings. The topological polar surface area (TPSA) is 65.5 Å². The summed E-state index contributed by atoms with van der Waals surface area (Å²) in [5.74, 6) is 0.487. The minimum absolute atomic E-state index is 0.180. The molecule has 0 saturated carbocycles. The highest BCUT2D eigenvalue weighted by Gasteiger charge is 2.27. The van der Waals surface area contributed by atoms with E-state index >= 15 is 0 Å². The van der Waals surface area contributed by atoms with Crippen molar-refractivity contribution in [3.63, 3.8) is 0 Å². The van der Waals surface area contributed by atoms with Crippen molar-refractivity contribution in [1.82, 2.24) is 14.2 Å². The molecule has 1 N–H and O–H groups in total. The van der Waals surface area contributed by atoms with Crippen LogP contribution in [-0.4, -0.2) is 55.8 Å². The van der Waals surface area contributed by atoms with Gasteiger partial charge in [0.2, 0.25) is 10.0 Å². The molecule has 1 fully saturated rings. The van der Waals surface area contributed by atoms with Gasteiger partial charge in [-0.05, 0) is 31.3 Å². The van der Waals surface area contributed by atoms with Gasteiger partial charge in [-0.1, -0.05) is 29.3 Å². The molecule has 0 amide bonds. The van der Waals surface area contributed by atoms with Crippen LogP contribution in [0.3, 0.4) is 0 Å². The number of pyridine rings is 1. The van der Waals surface area contributed by atoms with Gasteiger partial charge in [-0.15, -0.1) is 0 Å². The maximum atomic E-state index is 12.7. The molecule has 0 unspecified atom stereocenters.